The number of amides is 2. The van der Waals surface area contributed by atoms with Crippen LogP contribution >= 0.6 is 0 Å². The van der Waals surface area contributed by atoms with Crippen LogP contribution in [0.2, 0.25) is 0 Å². The number of hydrogen-bond acceptors (Lipinski definition) is 3. The van der Waals surface area contributed by atoms with Gasteiger partial charge in [0, 0.05) is 12.1 Å². The van der Waals surface area contributed by atoms with Gasteiger partial charge in [-0.05, 0) is 49.1 Å². The Morgan fingerprint density at radius 2 is 2.21 bits per heavy atom. The van der Waals surface area contributed by atoms with Crippen molar-refractivity contribution in [1.29, 1.82) is 0 Å². The molecule has 0 aliphatic heterocycles. The van der Waals surface area contributed by atoms with Crippen LogP contribution in [-0.4, -0.2) is 33.6 Å². The molecule has 2 aromatic rings. The quantitative estimate of drug-likeness (QED) is 0.693. The lowest BCUT2D eigenvalue weighted by molar-refractivity contribution is -0.132. The molecule has 0 saturated heterocycles. The van der Waals surface area contributed by atoms with Crippen LogP contribution in [0.5, 0.6) is 0 Å². The molecule has 2 amide bonds. The molecule has 1 aromatic heterocycles. The summed E-state index contributed by atoms with van der Waals surface area (Å²) in [7, 11) is 0. The fourth-order valence-corrected chi connectivity index (χ4v) is 2.63. The molecule has 124 valence electrons. The van der Waals surface area contributed by atoms with E-state index in [-0.39, 0.29) is 6.03 Å². The zero-order valence-corrected chi connectivity index (χ0v) is 13.2. The number of imidazole rings is 1. The lowest BCUT2D eigenvalue weighted by Crippen LogP contribution is -2.28. The van der Waals surface area contributed by atoms with Gasteiger partial charge in [0.25, 0.3) is 0 Å². The largest absolute Gasteiger partial charge is 0.478 e. The van der Waals surface area contributed by atoms with E-state index in [0.29, 0.717) is 30.9 Å². The van der Waals surface area contributed by atoms with E-state index >= 15 is 0 Å². The summed E-state index contributed by atoms with van der Waals surface area (Å²) in [6.07, 6.45) is 4.99. The van der Waals surface area contributed by atoms with Crippen LogP contribution < -0.4 is 10.6 Å². The zero-order chi connectivity index (χ0) is 17.1. The number of H-pyrrole nitrogens is 1. The Labute approximate surface area is 138 Å². The predicted molar refractivity (Wildman–Crippen MR) is 91.7 cm³/mol. The second kappa shape index (κ2) is 6.57. The topological polar surface area (TPSA) is 107 Å². The van der Waals surface area contributed by atoms with Crippen LogP contribution in [0.25, 0.3) is 16.6 Å². The number of carboxylic acids is 1. The molecule has 7 nitrogen and oxygen atoms in total. The number of carbonyl (C=O) groups is 2. The molecule has 0 spiro atoms. The highest BCUT2D eigenvalue weighted by molar-refractivity contribution is 5.94. The third kappa shape index (κ3) is 3.29. The fraction of sp³-hybridized carbons (Fsp3) is 0.235. The number of nitrogens with zero attached hydrogens (tertiary/aromatic N) is 1. The summed E-state index contributed by atoms with van der Waals surface area (Å²) < 4.78 is 0. The van der Waals surface area contributed by atoms with E-state index in [1.807, 2.05) is 31.2 Å². The van der Waals surface area contributed by atoms with Crippen molar-refractivity contribution < 1.29 is 14.7 Å². The Kier molecular flexibility index (Phi) is 4.33. The predicted octanol–water partition coefficient (Wildman–Crippen LogP) is 2.89. The smallest absolute Gasteiger partial charge is 0.331 e. The summed E-state index contributed by atoms with van der Waals surface area (Å²) in [5, 5.41) is 14.4. The summed E-state index contributed by atoms with van der Waals surface area (Å²) in [5.74, 6) is -0.510. The van der Waals surface area contributed by atoms with Gasteiger partial charge in [0.05, 0.1) is 11.0 Å². The molecule has 7 heteroatoms. The molecular formula is C17H18N4O3. The first-order chi connectivity index (χ1) is 11.6. The number of nitrogens with one attached hydrogen (secondary N) is 3. The van der Waals surface area contributed by atoms with Gasteiger partial charge in [-0.3, -0.25) is 5.32 Å². The van der Waals surface area contributed by atoms with Gasteiger partial charge in [0.1, 0.15) is 0 Å². The third-order valence-electron chi connectivity index (χ3n) is 3.77. The number of urea groups is 1. The third-order valence-corrected chi connectivity index (χ3v) is 3.77. The molecular weight excluding hydrogens is 308 g/mol. The minimum absolute atomic E-state index is 0.319. The van der Waals surface area contributed by atoms with E-state index in [1.165, 1.54) is 0 Å². The first kappa shape index (κ1) is 15.8. The number of carbonyl (C=O) groups excluding carboxylic acids is 1. The Morgan fingerprint density at radius 1 is 1.38 bits per heavy atom. The fourth-order valence-electron chi connectivity index (χ4n) is 2.63. The first-order valence-electron chi connectivity index (χ1n) is 7.76. The first-order valence-corrected chi connectivity index (χ1v) is 7.76. The van der Waals surface area contributed by atoms with Crippen molar-refractivity contribution >= 4 is 34.6 Å². The molecule has 24 heavy (non-hydrogen) atoms. The van der Waals surface area contributed by atoms with Gasteiger partial charge in [0.15, 0.2) is 0 Å². The number of aliphatic carboxylic acids is 1. The Bertz CT molecular complexity index is 864. The van der Waals surface area contributed by atoms with E-state index in [0.717, 1.165) is 22.2 Å². The molecule has 4 N–H and O–H groups in total. The Morgan fingerprint density at radius 3 is 2.96 bits per heavy atom. The molecule has 3 rings (SSSR count). The average Bonchev–Trinajstić information content (AvgIpc) is 2.96. The number of benzene rings is 1. The SMILES string of the molecule is CCNC(=O)Nc1nc2ccc(C3=CCCC(C(=O)O)=C3)cc2[nH]1. The van der Waals surface area contributed by atoms with Gasteiger partial charge in [-0.1, -0.05) is 12.1 Å². The Balaban J connectivity index is 1.88. The van der Waals surface area contributed by atoms with E-state index in [2.05, 4.69) is 20.6 Å². The average molecular weight is 326 g/mol. The minimum Gasteiger partial charge on any atom is -0.478 e. The van der Waals surface area contributed by atoms with Crippen LogP contribution in [0, 0.1) is 0 Å². The Hall–Kier alpha value is -3.09. The van der Waals surface area contributed by atoms with Gasteiger partial charge < -0.3 is 15.4 Å². The summed E-state index contributed by atoms with van der Waals surface area (Å²) in [6, 6.07) is 5.32. The zero-order valence-electron chi connectivity index (χ0n) is 13.2. The number of carboxylic acid groups (broad SMARTS) is 1. The van der Waals surface area contributed by atoms with Gasteiger partial charge in [-0.15, -0.1) is 0 Å². The summed E-state index contributed by atoms with van der Waals surface area (Å²) >= 11 is 0. The highest BCUT2D eigenvalue weighted by Gasteiger charge is 2.14. The molecule has 1 heterocycles. The van der Waals surface area contributed by atoms with E-state index < -0.39 is 5.97 Å². The molecule has 0 radical (unpaired) electrons. The number of fused-ring (bicyclic) bond motifs is 1. The molecule has 0 unspecified atom stereocenters. The normalized spacial score (nSPS) is 14.0. The number of allylic oxidation sites excluding steroid dienone is 3. The van der Waals surface area contributed by atoms with Gasteiger partial charge >= 0.3 is 12.0 Å². The van der Waals surface area contributed by atoms with Crippen molar-refractivity contribution in [3.8, 4) is 0 Å². The molecule has 1 aliphatic carbocycles. The van der Waals surface area contributed by atoms with Crippen LogP contribution in [0.3, 0.4) is 0 Å². The molecule has 0 fully saturated rings. The maximum absolute atomic E-state index is 11.5. The number of aromatic nitrogens is 2. The number of rotatable bonds is 4. The standard InChI is InChI=1S/C17H18N4O3/c1-2-18-17(24)21-16-19-13-7-6-11(9-14(13)20-16)10-4-3-5-12(8-10)15(22)23/h4,6-9H,2-3,5H2,1H3,(H,22,23)(H3,18,19,20,21,24). The van der Waals surface area contributed by atoms with Crippen molar-refractivity contribution in [3.05, 3.63) is 41.5 Å². The van der Waals surface area contributed by atoms with Crippen LogP contribution in [0.1, 0.15) is 25.3 Å². The van der Waals surface area contributed by atoms with E-state index in [9.17, 15) is 9.59 Å². The maximum atomic E-state index is 11.5. The van der Waals surface area contributed by atoms with Crippen molar-refractivity contribution in [3.63, 3.8) is 0 Å². The summed E-state index contributed by atoms with van der Waals surface area (Å²) in [4.78, 5) is 30.1. The molecule has 1 aliphatic rings. The van der Waals surface area contributed by atoms with Gasteiger partial charge in [-0.2, -0.15) is 0 Å². The van der Waals surface area contributed by atoms with Crippen LogP contribution in [-0.2, 0) is 4.79 Å². The number of aromatic amines is 1. The van der Waals surface area contributed by atoms with E-state index in [1.54, 1.807) is 6.08 Å². The highest BCUT2D eigenvalue weighted by Crippen LogP contribution is 2.27. The van der Waals surface area contributed by atoms with Crippen molar-refractivity contribution in [1.82, 2.24) is 15.3 Å². The monoisotopic (exact) mass is 326 g/mol. The molecule has 0 saturated carbocycles. The van der Waals surface area contributed by atoms with E-state index in [4.69, 9.17) is 5.11 Å². The van der Waals surface area contributed by atoms with Gasteiger partial charge in [0.2, 0.25) is 5.95 Å². The number of anilines is 1. The van der Waals surface area contributed by atoms with Crippen molar-refractivity contribution in [2.75, 3.05) is 11.9 Å². The van der Waals surface area contributed by atoms with Crippen LogP contribution in [0.15, 0.2) is 35.9 Å². The second-order valence-electron chi connectivity index (χ2n) is 5.47. The van der Waals surface area contributed by atoms with Crippen molar-refractivity contribution in [2.45, 2.75) is 19.8 Å². The summed E-state index contributed by atoms with van der Waals surface area (Å²) in [6.45, 7) is 2.36. The van der Waals surface area contributed by atoms with Gasteiger partial charge in [-0.25, -0.2) is 14.6 Å². The molecule has 0 bridgehead atoms. The number of hydrogen-bond donors (Lipinski definition) is 4. The highest BCUT2D eigenvalue weighted by atomic mass is 16.4. The molecule has 0 atom stereocenters. The van der Waals surface area contributed by atoms with Crippen molar-refractivity contribution in [2.24, 2.45) is 0 Å². The maximum Gasteiger partial charge on any atom is 0.331 e. The van der Waals surface area contributed by atoms with Crippen LogP contribution in [0.4, 0.5) is 10.7 Å². The molecule has 1 aromatic carbocycles. The summed E-state index contributed by atoms with van der Waals surface area (Å²) in [5.41, 5.74) is 3.71. The second-order valence-corrected chi connectivity index (χ2v) is 5.47. The minimum atomic E-state index is -0.878. The lowest BCUT2D eigenvalue weighted by atomic mass is 9.94. The lowest BCUT2D eigenvalue weighted by Gasteiger charge is -2.11.